The Morgan fingerprint density at radius 2 is 1.24 bits per heavy atom. The average molecular weight is 264 g/mol. The summed E-state index contributed by atoms with van der Waals surface area (Å²) in [5.41, 5.74) is 0. The topological polar surface area (TPSA) is 55.8 Å². The molecule has 17 heavy (non-hydrogen) atoms. The van der Waals surface area contributed by atoms with Crippen molar-refractivity contribution >= 4 is 7.37 Å². The second-order valence-electron chi connectivity index (χ2n) is 5.83. The molecule has 1 aliphatic heterocycles. The lowest BCUT2D eigenvalue weighted by atomic mass is 10.2. The van der Waals surface area contributed by atoms with E-state index >= 15 is 0 Å². The Balaban J connectivity index is 3.01. The van der Waals surface area contributed by atoms with Crippen molar-refractivity contribution < 1.29 is 18.9 Å². The van der Waals surface area contributed by atoms with Crippen LogP contribution >= 0.6 is 7.37 Å². The smallest absolute Gasteiger partial charge is 0.257 e. The van der Waals surface area contributed by atoms with Gasteiger partial charge in [-0.1, -0.05) is 41.5 Å². The van der Waals surface area contributed by atoms with Gasteiger partial charge in [-0.3, -0.25) is 4.57 Å². The van der Waals surface area contributed by atoms with Gasteiger partial charge in [0, 0.05) is 5.92 Å². The molecule has 1 rings (SSSR count). The molecule has 0 amide bonds. The SMILES string of the molecule is CC(C)C1O[C@@H](C(C)C)P(=O)(O)[C@H](C(C)C)O1. The summed E-state index contributed by atoms with van der Waals surface area (Å²) in [5, 5.41) is 0. The molecule has 0 bridgehead atoms. The van der Waals surface area contributed by atoms with E-state index < -0.39 is 19.1 Å². The predicted octanol–water partition coefficient (Wildman–Crippen LogP) is 3.25. The highest BCUT2D eigenvalue weighted by atomic mass is 31.2. The molecule has 5 heteroatoms. The van der Waals surface area contributed by atoms with Gasteiger partial charge in [-0.15, -0.1) is 0 Å². The summed E-state index contributed by atoms with van der Waals surface area (Å²) < 4.78 is 23.8. The highest BCUT2D eigenvalue weighted by Crippen LogP contribution is 2.60. The van der Waals surface area contributed by atoms with E-state index in [9.17, 15) is 9.46 Å². The molecule has 102 valence electrons. The normalized spacial score (nSPS) is 39.3. The van der Waals surface area contributed by atoms with Crippen LogP contribution in [0.5, 0.6) is 0 Å². The minimum absolute atomic E-state index is 0.0113. The van der Waals surface area contributed by atoms with Gasteiger partial charge in [-0.25, -0.2) is 0 Å². The molecule has 0 aromatic carbocycles. The van der Waals surface area contributed by atoms with Crippen LogP contribution in [-0.2, 0) is 14.0 Å². The van der Waals surface area contributed by atoms with Crippen molar-refractivity contribution in [1.82, 2.24) is 0 Å². The summed E-state index contributed by atoms with van der Waals surface area (Å²) in [4.78, 5) is 10.2. The van der Waals surface area contributed by atoms with Gasteiger partial charge in [0.25, 0.3) is 7.37 Å². The van der Waals surface area contributed by atoms with E-state index in [0.717, 1.165) is 0 Å². The van der Waals surface area contributed by atoms with E-state index in [4.69, 9.17) is 9.47 Å². The van der Waals surface area contributed by atoms with Crippen molar-refractivity contribution in [2.24, 2.45) is 17.8 Å². The van der Waals surface area contributed by atoms with Crippen molar-refractivity contribution in [3.63, 3.8) is 0 Å². The molecule has 1 saturated heterocycles. The summed E-state index contributed by atoms with van der Waals surface area (Å²) in [6.07, 6.45) is -0.385. The first-order valence-corrected chi connectivity index (χ1v) is 8.10. The lowest BCUT2D eigenvalue weighted by molar-refractivity contribution is -0.219. The third-order valence-electron chi connectivity index (χ3n) is 2.96. The fourth-order valence-corrected chi connectivity index (χ4v) is 4.70. The minimum atomic E-state index is -3.44. The maximum absolute atomic E-state index is 12.5. The van der Waals surface area contributed by atoms with Crippen LogP contribution in [0.4, 0.5) is 0 Å². The number of ether oxygens (including phenoxy) is 2. The van der Waals surface area contributed by atoms with Crippen molar-refractivity contribution in [3.05, 3.63) is 0 Å². The number of rotatable bonds is 3. The van der Waals surface area contributed by atoms with Gasteiger partial charge in [0.2, 0.25) is 0 Å². The predicted molar refractivity (Wildman–Crippen MR) is 67.9 cm³/mol. The van der Waals surface area contributed by atoms with Crippen LogP contribution in [0, 0.1) is 17.8 Å². The van der Waals surface area contributed by atoms with Crippen molar-refractivity contribution in [2.45, 2.75) is 59.5 Å². The Kier molecular flexibility index (Phi) is 4.81. The van der Waals surface area contributed by atoms with Crippen LogP contribution in [0.1, 0.15) is 41.5 Å². The first kappa shape index (κ1) is 15.2. The Morgan fingerprint density at radius 3 is 1.47 bits per heavy atom. The second kappa shape index (κ2) is 5.40. The van der Waals surface area contributed by atoms with Crippen LogP contribution in [0.3, 0.4) is 0 Å². The fourth-order valence-electron chi connectivity index (χ4n) is 2.11. The Labute approximate surface area is 104 Å². The van der Waals surface area contributed by atoms with Crippen LogP contribution < -0.4 is 0 Å². The zero-order chi connectivity index (χ0) is 13.4. The van der Waals surface area contributed by atoms with Crippen LogP contribution in [0.15, 0.2) is 0 Å². The molecule has 0 saturated carbocycles. The van der Waals surface area contributed by atoms with E-state index in [2.05, 4.69) is 0 Å². The fraction of sp³-hybridized carbons (Fsp3) is 1.00. The van der Waals surface area contributed by atoms with Gasteiger partial charge in [0.15, 0.2) is 6.29 Å². The molecule has 0 spiro atoms. The van der Waals surface area contributed by atoms with Gasteiger partial charge in [-0.2, -0.15) is 0 Å². The quantitative estimate of drug-likeness (QED) is 0.795. The molecule has 1 aliphatic rings. The molecule has 1 fully saturated rings. The monoisotopic (exact) mass is 264 g/mol. The Morgan fingerprint density at radius 1 is 0.882 bits per heavy atom. The Bertz CT molecular complexity index is 279. The third kappa shape index (κ3) is 3.11. The lowest BCUT2D eigenvalue weighted by Crippen LogP contribution is -2.44. The Hall–Kier alpha value is 0.110. The lowest BCUT2D eigenvalue weighted by Gasteiger charge is -2.43. The zero-order valence-corrected chi connectivity index (χ0v) is 12.5. The van der Waals surface area contributed by atoms with E-state index in [1.807, 2.05) is 41.5 Å². The summed E-state index contributed by atoms with van der Waals surface area (Å²) in [7, 11) is -3.44. The number of hydrogen-bond acceptors (Lipinski definition) is 3. The van der Waals surface area contributed by atoms with Gasteiger partial charge in [0.1, 0.15) is 11.7 Å². The summed E-state index contributed by atoms with van der Waals surface area (Å²) >= 11 is 0. The molecule has 2 atom stereocenters. The summed E-state index contributed by atoms with van der Waals surface area (Å²) in [6, 6.07) is 0. The largest absolute Gasteiger partial charge is 0.341 e. The molecule has 0 aromatic rings. The van der Waals surface area contributed by atoms with Gasteiger partial charge < -0.3 is 14.4 Å². The zero-order valence-electron chi connectivity index (χ0n) is 11.6. The highest BCUT2D eigenvalue weighted by Gasteiger charge is 2.50. The standard InChI is InChI=1S/C12H25O4P/c1-7(2)10-15-11(8(3)4)17(13,14)12(16-10)9(5)6/h7-12H,1-6H3,(H,13,14)/t11-,12-/m1/s1. The van der Waals surface area contributed by atoms with Crippen molar-refractivity contribution in [1.29, 1.82) is 0 Å². The second-order valence-corrected chi connectivity index (χ2v) is 8.19. The maximum atomic E-state index is 12.5. The maximum Gasteiger partial charge on any atom is 0.257 e. The van der Waals surface area contributed by atoms with Crippen molar-refractivity contribution in [2.75, 3.05) is 0 Å². The first-order valence-electron chi connectivity index (χ1n) is 6.31. The molecular formula is C12H25O4P. The van der Waals surface area contributed by atoms with E-state index in [1.165, 1.54) is 0 Å². The molecular weight excluding hydrogens is 239 g/mol. The average Bonchev–Trinajstić information content (AvgIpc) is 2.14. The van der Waals surface area contributed by atoms with Crippen LogP contribution in [0.25, 0.3) is 0 Å². The van der Waals surface area contributed by atoms with Crippen LogP contribution in [0.2, 0.25) is 0 Å². The highest BCUT2D eigenvalue weighted by molar-refractivity contribution is 7.59. The molecule has 0 unspecified atom stereocenters. The summed E-state index contributed by atoms with van der Waals surface area (Å²) in [5.74, 6) is -1.03. The van der Waals surface area contributed by atoms with E-state index in [-0.39, 0.29) is 24.0 Å². The molecule has 0 radical (unpaired) electrons. The first-order chi connectivity index (χ1) is 7.67. The molecule has 4 nitrogen and oxygen atoms in total. The van der Waals surface area contributed by atoms with E-state index in [0.29, 0.717) is 0 Å². The molecule has 0 aromatic heterocycles. The molecule has 0 aliphatic carbocycles. The van der Waals surface area contributed by atoms with E-state index in [1.54, 1.807) is 0 Å². The summed E-state index contributed by atoms with van der Waals surface area (Å²) in [6.45, 7) is 11.6. The molecule has 1 N–H and O–H groups in total. The van der Waals surface area contributed by atoms with Crippen molar-refractivity contribution in [3.8, 4) is 0 Å². The molecule has 1 heterocycles. The number of hydrogen-bond donors (Lipinski definition) is 1. The van der Waals surface area contributed by atoms with Crippen LogP contribution in [-0.4, -0.2) is 22.9 Å². The van der Waals surface area contributed by atoms with Gasteiger partial charge >= 0.3 is 0 Å². The van der Waals surface area contributed by atoms with Gasteiger partial charge in [0.05, 0.1) is 0 Å². The third-order valence-corrected chi connectivity index (χ3v) is 5.86. The minimum Gasteiger partial charge on any atom is -0.341 e. The van der Waals surface area contributed by atoms with Gasteiger partial charge in [-0.05, 0) is 11.8 Å².